The van der Waals surface area contributed by atoms with Crippen LogP contribution < -0.4 is 0 Å². The van der Waals surface area contributed by atoms with Gasteiger partial charge in [0.25, 0.3) is 0 Å². The highest BCUT2D eigenvalue weighted by Crippen LogP contribution is 2.23. The van der Waals surface area contributed by atoms with E-state index in [1.54, 1.807) is 0 Å². The lowest BCUT2D eigenvalue weighted by molar-refractivity contribution is -0.137. The van der Waals surface area contributed by atoms with Gasteiger partial charge in [0.05, 0.1) is 0 Å². The molecule has 0 fully saturated rings. The van der Waals surface area contributed by atoms with Gasteiger partial charge in [0.1, 0.15) is 0 Å². The third kappa shape index (κ3) is 24.3. The van der Waals surface area contributed by atoms with E-state index in [0.29, 0.717) is 6.42 Å². The summed E-state index contributed by atoms with van der Waals surface area (Å²) < 4.78 is 0. The minimum Gasteiger partial charge on any atom is -0.481 e. The van der Waals surface area contributed by atoms with E-state index in [1.807, 2.05) is 6.55 Å². The molecule has 25 heavy (non-hydrogen) atoms. The van der Waals surface area contributed by atoms with Crippen LogP contribution in [-0.2, 0) is 4.79 Å². The molecule has 0 bridgehead atoms. The molecule has 0 saturated carbocycles. The van der Waals surface area contributed by atoms with Gasteiger partial charge in [-0.1, -0.05) is 96.3 Å². The van der Waals surface area contributed by atoms with Crippen LogP contribution in [0.15, 0.2) is 0 Å². The second-order valence-corrected chi connectivity index (χ2v) is 15.8. The summed E-state index contributed by atoms with van der Waals surface area (Å²) in [5.74, 6) is -0.660. The van der Waals surface area contributed by atoms with Crippen LogP contribution in [-0.4, -0.2) is 17.8 Å². The molecule has 2 nitrogen and oxygen atoms in total. The number of halogens is 2. The smallest absolute Gasteiger partial charge is 0.303 e. The molecule has 0 aromatic heterocycles. The second-order valence-electron chi connectivity index (χ2n) is 7.62. The quantitative estimate of drug-likeness (QED) is 0.132. The summed E-state index contributed by atoms with van der Waals surface area (Å²) in [6.07, 6.45) is 20.9. The van der Waals surface area contributed by atoms with Crippen molar-refractivity contribution in [2.75, 3.05) is 0 Å². The van der Waals surface area contributed by atoms with Crippen LogP contribution in [0, 0.1) is 0 Å². The minimum absolute atomic E-state index is 0.335. The molecule has 0 aliphatic heterocycles. The molecule has 0 aromatic rings. The van der Waals surface area contributed by atoms with Gasteiger partial charge in [0, 0.05) is 6.42 Å². The molecule has 0 heterocycles. The Morgan fingerprint density at radius 1 is 0.640 bits per heavy atom. The summed E-state index contributed by atoms with van der Waals surface area (Å²) in [4.78, 5) is 10.4. The van der Waals surface area contributed by atoms with Crippen molar-refractivity contribution in [3.63, 3.8) is 0 Å². The number of hydrogen-bond donors (Lipinski definition) is 1. The molecule has 0 unspecified atom stereocenters. The van der Waals surface area contributed by atoms with E-state index in [0.717, 1.165) is 18.9 Å². The summed E-state index contributed by atoms with van der Waals surface area (Å²) in [6, 6.07) is 1.04. The maximum atomic E-state index is 10.4. The molecule has 0 atom stereocenters. The van der Waals surface area contributed by atoms with Crippen molar-refractivity contribution in [2.45, 2.75) is 122 Å². The van der Waals surface area contributed by atoms with Crippen molar-refractivity contribution in [3.8, 4) is 0 Å². The molecule has 0 saturated heterocycles. The van der Waals surface area contributed by atoms with Crippen molar-refractivity contribution in [1.29, 1.82) is 0 Å². The number of carboxylic acids is 1. The van der Waals surface area contributed by atoms with Crippen molar-refractivity contribution in [3.05, 3.63) is 0 Å². The Kier molecular flexibility index (Phi) is 17.9. The lowest BCUT2D eigenvalue weighted by atomic mass is 10.0. The molecular weight excluding hydrogens is 371 g/mol. The Morgan fingerprint density at radius 3 is 1.20 bits per heavy atom. The van der Waals surface area contributed by atoms with Gasteiger partial charge in [0.2, 0.25) is 6.69 Å². The summed E-state index contributed by atoms with van der Waals surface area (Å²) in [5, 5.41) is 8.56. The summed E-state index contributed by atoms with van der Waals surface area (Å²) in [7, 11) is 0. The monoisotopic (exact) mass is 410 g/mol. The highest BCUT2D eigenvalue weighted by atomic mass is 35.7. The van der Waals surface area contributed by atoms with E-state index in [1.165, 1.54) is 89.9 Å². The highest BCUT2D eigenvalue weighted by Gasteiger charge is 2.19. The maximum absolute atomic E-state index is 10.4. The molecule has 0 amide bonds. The van der Waals surface area contributed by atoms with Gasteiger partial charge < -0.3 is 5.11 Å². The van der Waals surface area contributed by atoms with Crippen LogP contribution in [0.2, 0.25) is 12.6 Å². The maximum Gasteiger partial charge on any atom is 0.303 e. The molecule has 0 aromatic carbocycles. The van der Waals surface area contributed by atoms with Crippen molar-refractivity contribution in [2.24, 2.45) is 0 Å². The van der Waals surface area contributed by atoms with Crippen molar-refractivity contribution in [1.82, 2.24) is 0 Å². The molecule has 0 rings (SSSR count). The number of hydrogen-bond acceptors (Lipinski definition) is 1. The first kappa shape index (κ1) is 25.3. The fraction of sp³-hybridized carbons (Fsp3) is 0.950. The number of rotatable bonds is 19. The van der Waals surface area contributed by atoms with Gasteiger partial charge in [-0.25, -0.2) is 0 Å². The molecular formula is C20H40Cl2O2Si. The predicted octanol–water partition coefficient (Wildman–Crippen LogP) is 8.25. The summed E-state index contributed by atoms with van der Waals surface area (Å²) in [5.41, 5.74) is 0. The molecule has 0 aliphatic rings. The molecule has 0 radical (unpaired) electrons. The second kappa shape index (κ2) is 17.7. The Bertz CT molecular complexity index is 307. The lowest BCUT2D eigenvalue weighted by Gasteiger charge is -2.09. The summed E-state index contributed by atoms with van der Waals surface area (Å²) >= 11 is 12.2. The van der Waals surface area contributed by atoms with E-state index in [4.69, 9.17) is 27.3 Å². The third-order valence-electron chi connectivity index (χ3n) is 4.76. The average Bonchev–Trinajstić information content (AvgIpc) is 2.52. The fourth-order valence-electron chi connectivity index (χ4n) is 3.19. The highest BCUT2D eigenvalue weighted by molar-refractivity contribution is 7.44. The van der Waals surface area contributed by atoms with Crippen LogP contribution in [0.25, 0.3) is 0 Å². The first-order valence-electron chi connectivity index (χ1n) is 10.5. The number of carbonyl (C=O) groups is 1. The number of unbranched alkanes of at least 4 members (excludes halogenated alkanes) is 15. The van der Waals surface area contributed by atoms with Gasteiger partial charge in [-0.3, -0.25) is 4.79 Å². The van der Waals surface area contributed by atoms with Gasteiger partial charge in [-0.05, 0) is 19.0 Å². The summed E-state index contributed by atoms with van der Waals surface area (Å²) in [6.45, 7) is 0.165. The van der Waals surface area contributed by atoms with E-state index in [9.17, 15) is 4.79 Å². The molecule has 0 spiro atoms. The van der Waals surface area contributed by atoms with Crippen LogP contribution >= 0.6 is 22.2 Å². The molecule has 5 heteroatoms. The van der Waals surface area contributed by atoms with Crippen LogP contribution in [0.5, 0.6) is 0 Å². The number of carboxylic acid groups (broad SMARTS) is 1. The Morgan fingerprint density at radius 2 is 0.920 bits per heavy atom. The minimum atomic E-state index is -1.85. The van der Waals surface area contributed by atoms with Crippen molar-refractivity contribution >= 4 is 34.8 Å². The third-order valence-corrected chi connectivity index (χ3v) is 7.12. The normalized spacial score (nSPS) is 11.8. The zero-order chi connectivity index (χ0) is 18.8. The van der Waals surface area contributed by atoms with Crippen LogP contribution in [0.4, 0.5) is 0 Å². The zero-order valence-electron chi connectivity index (χ0n) is 16.3. The van der Waals surface area contributed by atoms with E-state index in [2.05, 4.69) is 0 Å². The SMILES string of the molecule is C[Si](Cl)(Cl)CCCCCCCCCCCCCCCCCCC(=O)O. The Balaban J connectivity index is 3.04. The van der Waals surface area contributed by atoms with Gasteiger partial charge in [-0.2, -0.15) is 0 Å². The van der Waals surface area contributed by atoms with Gasteiger partial charge >= 0.3 is 5.97 Å². The van der Waals surface area contributed by atoms with E-state index >= 15 is 0 Å². The Hall–Kier alpha value is 0.267. The van der Waals surface area contributed by atoms with E-state index < -0.39 is 12.7 Å². The first-order chi connectivity index (χ1) is 11.9. The standard InChI is InChI=1S/C20H40Cl2O2Si/c1-25(21,22)19-17-15-13-11-9-7-5-3-2-4-6-8-10-12-14-16-18-20(23)24/h2-19H2,1H3,(H,23,24). The zero-order valence-corrected chi connectivity index (χ0v) is 18.9. The van der Waals surface area contributed by atoms with E-state index in [-0.39, 0.29) is 0 Å². The topological polar surface area (TPSA) is 37.3 Å². The average molecular weight is 412 g/mol. The van der Waals surface area contributed by atoms with Gasteiger partial charge in [-0.15, -0.1) is 22.2 Å². The largest absolute Gasteiger partial charge is 0.481 e. The van der Waals surface area contributed by atoms with Crippen molar-refractivity contribution < 1.29 is 9.90 Å². The Labute approximate surface area is 166 Å². The molecule has 150 valence electrons. The van der Waals surface area contributed by atoms with Crippen LogP contribution in [0.3, 0.4) is 0 Å². The van der Waals surface area contributed by atoms with Gasteiger partial charge in [0.15, 0.2) is 0 Å². The number of aliphatic carboxylic acids is 1. The van der Waals surface area contributed by atoms with Crippen LogP contribution in [0.1, 0.15) is 109 Å². The first-order valence-corrected chi connectivity index (χ1v) is 15.2. The molecule has 0 aliphatic carbocycles. The molecule has 1 N–H and O–H groups in total. The predicted molar refractivity (Wildman–Crippen MR) is 114 cm³/mol. The lowest BCUT2D eigenvalue weighted by Crippen LogP contribution is -2.11. The fourth-order valence-corrected chi connectivity index (χ4v) is 4.86.